The van der Waals surface area contributed by atoms with Crippen LogP contribution in [0.1, 0.15) is 21.5 Å². The fourth-order valence-electron chi connectivity index (χ4n) is 1.46. The van der Waals surface area contributed by atoms with Crippen LogP contribution >= 0.6 is 0 Å². The van der Waals surface area contributed by atoms with Crippen LogP contribution in [0.4, 0.5) is 5.82 Å². The van der Waals surface area contributed by atoms with E-state index in [-0.39, 0.29) is 11.7 Å². The Morgan fingerprint density at radius 2 is 2.12 bits per heavy atom. The summed E-state index contributed by atoms with van der Waals surface area (Å²) in [6.07, 6.45) is 1.42. The highest BCUT2D eigenvalue weighted by atomic mass is 16.1. The maximum absolute atomic E-state index is 11.7. The van der Waals surface area contributed by atoms with Gasteiger partial charge in [0.25, 0.3) is 5.91 Å². The molecule has 1 heterocycles. The first kappa shape index (κ1) is 11.2. The summed E-state index contributed by atoms with van der Waals surface area (Å²) in [5, 5.41) is 9.00. The van der Waals surface area contributed by atoms with Crippen LogP contribution in [-0.4, -0.2) is 16.1 Å². The molecular weight excluding hydrogens is 216 g/mol. The lowest BCUT2D eigenvalue weighted by Crippen LogP contribution is -2.23. The number of H-pyrrole nitrogens is 1. The van der Waals surface area contributed by atoms with Gasteiger partial charge >= 0.3 is 0 Å². The molecule has 5 nitrogen and oxygen atoms in total. The number of amides is 1. The average molecular weight is 230 g/mol. The highest BCUT2D eigenvalue weighted by Crippen LogP contribution is 2.07. The van der Waals surface area contributed by atoms with Crippen LogP contribution < -0.4 is 11.1 Å². The molecule has 0 radical (unpaired) electrons. The summed E-state index contributed by atoms with van der Waals surface area (Å²) in [5.74, 6) is 0.0585. The van der Waals surface area contributed by atoms with E-state index in [2.05, 4.69) is 15.5 Å². The van der Waals surface area contributed by atoms with Gasteiger partial charge in [-0.3, -0.25) is 9.89 Å². The molecule has 0 bridgehead atoms. The zero-order valence-electron chi connectivity index (χ0n) is 9.53. The van der Waals surface area contributed by atoms with Crippen molar-refractivity contribution < 1.29 is 4.79 Å². The van der Waals surface area contributed by atoms with E-state index in [1.54, 1.807) is 0 Å². The van der Waals surface area contributed by atoms with Crippen molar-refractivity contribution >= 4 is 11.7 Å². The van der Waals surface area contributed by atoms with E-state index in [4.69, 9.17) is 5.73 Å². The fourth-order valence-corrected chi connectivity index (χ4v) is 1.46. The molecule has 17 heavy (non-hydrogen) atoms. The number of rotatable bonds is 3. The molecule has 2 rings (SSSR count). The predicted molar refractivity (Wildman–Crippen MR) is 65.3 cm³/mol. The van der Waals surface area contributed by atoms with Gasteiger partial charge in [0.1, 0.15) is 11.4 Å². The van der Waals surface area contributed by atoms with Crippen LogP contribution in [0.2, 0.25) is 0 Å². The minimum atomic E-state index is -0.225. The smallest absolute Gasteiger partial charge is 0.256 e. The van der Waals surface area contributed by atoms with Crippen LogP contribution in [0.3, 0.4) is 0 Å². The number of carbonyl (C=O) groups is 1. The first-order valence-corrected chi connectivity index (χ1v) is 5.29. The Kier molecular flexibility index (Phi) is 3.09. The van der Waals surface area contributed by atoms with Crippen molar-refractivity contribution in [2.24, 2.45) is 0 Å². The molecule has 1 amide bonds. The summed E-state index contributed by atoms with van der Waals surface area (Å²) < 4.78 is 0. The lowest BCUT2D eigenvalue weighted by Gasteiger charge is -2.04. The number of nitrogens with one attached hydrogen (secondary N) is 2. The number of carbonyl (C=O) groups excluding carboxylic acids is 1. The number of aromatic nitrogens is 2. The van der Waals surface area contributed by atoms with Crippen molar-refractivity contribution in [2.45, 2.75) is 13.5 Å². The van der Waals surface area contributed by atoms with Gasteiger partial charge in [0, 0.05) is 6.54 Å². The molecule has 0 aliphatic carbocycles. The third-order valence-electron chi connectivity index (χ3n) is 2.49. The Balaban J connectivity index is 1.97. The molecule has 0 atom stereocenters. The van der Waals surface area contributed by atoms with Gasteiger partial charge < -0.3 is 11.1 Å². The largest absolute Gasteiger partial charge is 0.383 e. The maximum Gasteiger partial charge on any atom is 0.256 e. The van der Waals surface area contributed by atoms with E-state index in [1.165, 1.54) is 11.8 Å². The molecule has 0 spiro atoms. The Morgan fingerprint density at radius 3 is 2.71 bits per heavy atom. The number of hydrogen-bond acceptors (Lipinski definition) is 3. The fraction of sp³-hybridized carbons (Fsp3) is 0.167. The predicted octanol–water partition coefficient (Wildman–Crippen LogP) is 1.23. The van der Waals surface area contributed by atoms with Crippen molar-refractivity contribution in [3.05, 3.63) is 47.2 Å². The summed E-state index contributed by atoms with van der Waals surface area (Å²) in [5.41, 5.74) is 8.16. The molecule has 0 fully saturated rings. The van der Waals surface area contributed by atoms with Crippen molar-refractivity contribution in [3.8, 4) is 0 Å². The molecular formula is C12H14N4O. The molecule has 88 valence electrons. The van der Waals surface area contributed by atoms with Crippen molar-refractivity contribution in [3.63, 3.8) is 0 Å². The summed E-state index contributed by atoms with van der Waals surface area (Å²) in [6, 6.07) is 7.98. The number of anilines is 1. The van der Waals surface area contributed by atoms with Crippen LogP contribution in [-0.2, 0) is 6.54 Å². The number of nitrogens with two attached hydrogens (primary N) is 1. The van der Waals surface area contributed by atoms with E-state index in [0.29, 0.717) is 12.1 Å². The van der Waals surface area contributed by atoms with Gasteiger partial charge in [-0.05, 0) is 12.5 Å². The van der Waals surface area contributed by atoms with Gasteiger partial charge in [-0.1, -0.05) is 29.8 Å². The Bertz CT molecular complexity index is 516. The normalized spacial score (nSPS) is 10.2. The topological polar surface area (TPSA) is 83.8 Å². The summed E-state index contributed by atoms with van der Waals surface area (Å²) in [7, 11) is 0. The zero-order chi connectivity index (χ0) is 12.3. The number of nitrogens with zero attached hydrogens (tertiary/aromatic N) is 1. The lowest BCUT2D eigenvalue weighted by atomic mass is 10.1. The number of hydrogen-bond donors (Lipinski definition) is 3. The first-order chi connectivity index (χ1) is 8.16. The van der Waals surface area contributed by atoms with Gasteiger partial charge in [-0.2, -0.15) is 5.10 Å². The minimum absolute atomic E-state index is 0.225. The Morgan fingerprint density at radius 1 is 1.41 bits per heavy atom. The standard InChI is InChI=1S/C12H14N4O/c1-8-2-4-9(5-3-8)6-14-12(17)10-7-15-16-11(10)13/h2-5,7H,6H2,1H3,(H,14,17)(H3,13,15,16). The van der Waals surface area contributed by atoms with Gasteiger partial charge in [-0.25, -0.2) is 0 Å². The second-order valence-corrected chi connectivity index (χ2v) is 3.87. The summed E-state index contributed by atoms with van der Waals surface area (Å²) in [6.45, 7) is 2.50. The molecule has 0 saturated heterocycles. The van der Waals surface area contributed by atoms with Crippen LogP contribution in [0.15, 0.2) is 30.5 Å². The molecule has 0 saturated carbocycles. The van der Waals surface area contributed by atoms with Crippen molar-refractivity contribution in [2.75, 3.05) is 5.73 Å². The monoisotopic (exact) mass is 230 g/mol. The van der Waals surface area contributed by atoms with E-state index in [0.717, 1.165) is 5.56 Å². The van der Waals surface area contributed by atoms with Crippen molar-refractivity contribution in [1.29, 1.82) is 0 Å². The molecule has 4 N–H and O–H groups in total. The Labute approximate surface area is 99.0 Å². The molecule has 0 unspecified atom stereocenters. The van der Waals surface area contributed by atoms with Gasteiger partial charge in [0.15, 0.2) is 0 Å². The SMILES string of the molecule is Cc1ccc(CNC(=O)c2cn[nH]c2N)cc1. The second-order valence-electron chi connectivity index (χ2n) is 3.87. The quantitative estimate of drug-likeness (QED) is 0.741. The van der Waals surface area contributed by atoms with Crippen LogP contribution in [0.25, 0.3) is 0 Å². The Hall–Kier alpha value is -2.30. The molecule has 5 heteroatoms. The van der Waals surface area contributed by atoms with E-state index in [9.17, 15) is 4.79 Å². The second kappa shape index (κ2) is 4.69. The molecule has 0 aliphatic heterocycles. The third-order valence-corrected chi connectivity index (χ3v) is 2.49. The van der Waals surface area contributed by atoms with Crippen LogP contribution in [0.5, 0.6) is 0 Å². The highest BCUT2D eigenvalue weighted by Gasteiger charge is 2.10. The number of nitrogen functional groups attached to an aromatic ring is 1. The van der Waals surface area contributed by atoms with Crippen molar-refractivity contribution in [1.82, 2.24) is 15.5 Å². The van der Waals surface area contributed by atoms with Crippen LogP contribution in [0, 0.1) is 6.92 Å². The lowest BCUT2D eigenvalue weighted by molar-refractivity contribution is 0.0952. The summed E-state index contributed by atoms with van der Waals surface area (Å²) in [4.78, 5) is 11.7. The average Bonchev–Trinajstić information content (AvgIpc) is 2.74. The van der Waals surface area contributed by atoms with Gasteiger partial charge in [-0.15, -0.1) is 0 Å². The molecule has 1 aromatic carbocycles. The summed E-state index contributed by atoms with van der Waals surface area (Å²) >= 11 is 0. The molecule has 2 aromatic rings. The molecule has 1 aromatic heterocycles. The van der Waals surface area contributed by atoms with E-state index >= 15 is 0 Å². The minimum Gasteiger partial charge on any atom is -0.383 e. The number of benzene rings is 1. The third kappa shape index (κ3) is 2.63. The number of aromatic amines is 1. The first-order valence-electron chi connectivity index (χ1n) is 5.29. The number of aryl methyl sites for hydroxylation is 1. The van der Waals surface area contributed by atoms with Gasteiger partial charge in [0.2, 0.25) is 0 Å². The van der Waals surface area contributed by atoms with Gasteiger partial charge in [0.05, 0.1) is 6.20 Å². The maximum atomic E-state index is 11.7. The molecule has 0 aliphatic rings. The highest BCUT2D eigenvalue weighted by molar-refractivity contribution is 5.97. The van der Waals surface area contributed by atoms with E-state index < -0.39 is 0 Å². The zero-order valence-corrected chi connectivity index (χ0v) is 9.53. The van der Waals surface area contributed by atoms with E-state index in [1.807, 2.05) is 31.2 Å².